The number of carbonyl (C=O) groups is 1. The highest BCUT2D eigenvalue weighted by Crippen LogP contribution is 2.15. The molecular formula is C23H39IN6O. The van der Waals surface area contributed by atoms with Crippen LogP contribution in [-0.2, 0) is 17.9 Å². The van der Waals surface area contributed by atoms with Crippen molar-refractivity contribution in [3.63, 3.8) is 0 Å². The summed E-state index contributed by atoms with van der Waals surface area (Å²) >= 11 is 0. The monoisotopic (exact) mass is 542 g/mol. The van der Waals surface area contributed by atoms with Crippen LogP contribution in [-0.4, -0.2) is 97.9 Å². The number of guanidine groups is 1. The molecule has 0 aromatic heterocycles. The summed E-state index contributed by atoms with van der Waals surface area (Å²) in [6, 6.07) is 8.54. The average molecular weight is 543 g/mol. The van der Waals surface area contributed by atoms with Crippen LogP contribution in [0.1, 0.15) is 30.9 Å². The molecular weight excluding hydrogens is 503 g/mol. The van der Waals surface area contributed by atoms with Crippen molar-refractivity contribution in [1.29, 1.82) is 0 Å². The maximum absolute atomic E-state index is 12.7. The second-order valence-electron chi connectivity index (χ2n) is 8.64. The topological polar surface area (TPSA) is 54.4 Å². The Bertz CT molecular complexity index is 727. The van der Waals surface area contributed by atoms with Crippen molar-refractivity contribution in [3.05, 3.63) is 35.4 Å². The lowest BCUT2D eigenvalue weighted by Gasteiger charge is -2.39. The minimum Gasteiger partial charge on any atom is -0.352 e. The van der Waals surface area contributed by atoms with Crippen molar-refractivity contribution in [2.24, 2.45) is 4.99 Å². The summed E-state index contributed by atoms with van der Waals surface area (Å²) in [5, 5.41) is 3.54. The second kappa shape index (κ2) is 12.6. The molecule has 1 N–H and O–H groups in total. The first-order valence-electron chi connectivity index (χ1n) is 11.2. The zero-order valence-corrected chi connectivity index (χ0v) is 21.8. The number of hydrogen-bond acceptors (Lipinski definition) is 4. The molecule has 31 heavy (non-hydrogen) atoms. The zero-order chi connectivity index (χ0) is 21.5. The number of carbonyl (C=O) groups excluding carboxylic acids is 1. The van der Waals surface area contributed by atoms with Crippen LogP contribution in [0.2, 0.25) is 0 Å². The standard InChI is InChI=1S/C23H38N6O.HI/c1-19(22(30)28-11-7-8-12-28)27-13-15-29(16-14-27)23(24-2)25-17-20-9-5-6-10-21(20)18-26(3)4;/h5-6,9-10,19H,7-8,11-18H2,1-4H3,(H,24,25);1H. The van der Waals surface area contributed by atoms with Gasteiger partial charge in [-0.05, 0) is 45.0 Å². The Balaban J connectivity index is 0.00000341. The number of amides is 1. The van der Waals surface area contributed by atoms with E-state index in [0.717, 1.165) is 71.2 Å². The largest absolute Gasteiger partial charge is 0.352 e. The highest BCUT2D eigenvalue weighted by atomic mass is 127. The molecule has 0 radical (unpaired) electrons. The van der Waals surface area contributed by atoms with Crippen molar-refractivity contribution in [3.8, 4) is 0 Å². The summed E-state index contributed by atoms with van der Waals surface area (Å²) in [5.74, 6) is 1.23. The summed E-state index contributed by atoms with van der Waals surface area (Å²) in [7, 11) is 6.04. The number of likely N-dealkylation sites (tertiary alicyclic amines) is 1. The molecule has 2 aliphatic rings. The van der Waals surface area contributed by atoms with E-state index in [1.54, 1.807) is 0 Å². The van der Waals surface area contributed by atoms with Gasteiger partial charge < -0.3 is 20.0 Å². The summed E-state index contributed by atoms with van der Waals surface area (Å²) < 4.78 is 0. The van der Waals surface area contributed by atoms with E-state index in [0.29, 0.717) is 5.91 Å². The van der Waals surface area contributed by atoms with E-state index < -0.39 is 0 Å². The van der Waals surface area contributed by atoms with Gasteiger partial charge in [-0.2, -0.15) is 0 Å². The van der Waals surface area contributed by atoms with Gasteiger partial charge in [-0.1, -0.05) is 24.3 Å². The van der Waals surface area contributed by atoms with E-state index >= 15 is 0 Å². The fourth-order valence-corrected chi connectivity index (χ4v) is 4.41. The van der Waals surface area contributed by atoms with E-state index in [4.69, 9.17) is 0 Å². The van der Waals surface area contributed by atoms with E-state index in [1.807, 2.05) is 11.9 Å². The van der Waals surface area contributed by atoms with E-state index in [9.17, 15) is 4.79 Å². The number of aliphatic imine (C=N–C) groups is 1. The Labute approximate surface area is 204 Å². The Morgan fingerprint density at radius 2 is 1.65 bits per heavy atom. The normalized spacial score (nSPS) is 18.8. The molecule has 8 heteroatoms. The molecule has 0 aliphatic carbocycles. The van der Waals surface area contributed by atoms with Gasteiger partial charge >= 0.3 is 0 Å². The Hall–Kier alpha value is -1.39. The Morgan fingerprint density at radius 3 is 2.23 bits per heavy atom. The summed E-state index contributed by atoms with van der Waals surface area (Å²) in [4.78, 5) is 26.1. The van der Waals surface area contributed by atoms with Gasteiger partial charge in [0.2, 0.25) is 5.91 Å². The van der Waals surface area contributed by atoms with Crippen LogP contribution in [0.3, 0.4) is 0 Å². The van der Waals surface area contributed by atoms with Crippen LogP contribution in [0.4, 0.5) is 0 Å². The third-order valence-corrected chi connectivity index (χ3v) is 6.19. The van der Waals surface area contributed by atoms with E-state index in [2.05, 4.69) is 70.3 Å². The number of nitrogens with one attached hydrogen (secondary N) is 1. The maximum atomic E-state index is 12.7. The van der Waals surface area contributed by atoms with Crippen LogP contribution in [0.5, 0.6) is 0 Å². The molecule has 0 bridgehead atoms. The molecule has 1 unspecified atom stereocenters. The molecule has 2 fully saturated rings. The Morgan fingerprint density at radius 1 is 1.03 bits per heavy atom. The van der Waals surface area contributed by atoms with Gasteiger partial charge in [-0.3, -0.25) is 14.7 Å². The van der Waals surface area contributed by atoms with E-state index in [1.165, 1.54) is 11.1 Å². The fraction of sp³-hybridized carbons (Fsp3) is 0.652. The molecule has 174 valence electrons. The predicted octanol–water partition coefficient (Wildman–Crippen LogP) is 2.07. The molecule has 2 heterocycles. The summed E-state index contributed by atoms with van der Waals surface area (Å²) in [5.41, 5.74) is 2.64. The SMILES string of the molecule is CN=C(NCc1ccccc1CN(C)C)N1CCN(C(C)C(=O)N2CCCC2)CC1.I. The number of rotatable bonds is 6. The third-order valence-electron chi connectivity index (χ3n) is 6.19. The summed E-state index contributed by atoms with van der Waals surface area (Å²) in [6.45, 7) is 9.15. The summed E-state index contributed by atoms with van der Waals surface area (Å²) in [6.07, 6.45) is 2.29. The van der Waals surface area contributed by atoms with Gasteiger partial charge in [-0.15, -0.1) is 24.0 Å². The first kappa shape index (κ1) is 25.9. The van der Waals surface area contributed by atoms with Crippen molar-refractivity contribution in [2.75, 3.05) is 60.4 Å². The van der Waals surface area contributed by atoms with Crippen LogP contribution < -0.4 is 5.32 Å². The number of nitrogens with zero attached hydrogens (tertiary/aromatic N) is 5. The van der Waals surface area contributed by atoms with Crippen molar-refractivity contribution < 1.29 is 4.79 Å². The van der Waals surface area contributed by atoms with Crippen LogP contribution in [0.15, 0.2) is 29.3 Å². The minimum atomic E-state index is -0.0295. The zero-order valence-electron chi connectivity index (χ0n) is 19.5. The lowest BCUT2D eigenvalue weighted by atomic mass is 10.1. The van der Waals surface area contributed by atoms with Crippen LogP contribution in [0, 0.1) is 0 Å². The van der Waals surface area contributed by atoms with E-state index in [-0.39, 0.29) is 30.0 Å². The molecule has 0 spiro atoms. The second-order valence-corrected chi connectivity index (χ2v) is 8.64. The van der Waals surface area contributed by atoms with Gasteiger partial charge in [0.1, 0.15) is 0 Å². The van der Waals surface area contributed by atoms with Crippen molar-refractivity contribution >= 4 is 35.8 Å². The number of piperazine rings is 1. The lowest BCUT2D eigenvalue weighted by Crippen LogP contribution is -2.57. The maximum Gasteiger partial charge on any atom is 0.239 e. The lowest BCUT2D eigenvalue weighted by molar-refractivity contribution is -0.135. The highest BCUT2D eigenvalue weighted by Gasteiger charge is 2.30. The molecule has 0 saturated carbocycles. The first-order valence-corrected chi connectivity index (χ1v) is 11.2. The molecule has 2 saturated heterocycles. The third kappa shape index (κ3) is 7.05. The number of hydrogen-bond donors (Lipinski definition) is 1. The average Bonchev–Trinajstić information content (AvgIpc) is 3.29. The molecule has 3 rings (SSSR count). The highest BCUT2D eigenvalue weighted by molar-refractivity contribution is 14.0. The first-order chi connectivity index (χ1) is 14.5. The minimum absolute atomic E-state index is 0. The number of benzene rings is 1. The van der Waals surface area contributed by atoms with Gasteiger partial charge in [0.25, 0.3) is 0 Å². The molecule has 7 nitrogen and oxygen atoms in total. The quantitative estimate of drug-likeness (QED) is 0.339. The van der Waals surface area contributed by atoms with Gasteiger partial charge in [0.05, 0.1) is 6.04 Å². The van der Waals surface area contributed by atoms with Gasteiger partial charge in [-0.25, -0.2) is 0 Å². The number of halogens is 1. The predicted molar refractivity (Wildman–Crippen MR) is 138 cm³/mol. The molecule has 1 aromatic carbocycles. The van der Waals surface area contributed by atoms with Gasteiger partial charge in [0, 0.05) is 59.4 Å². The fourth-order valence-electron chi connectivity index (χ4n) is 4.41. The molecule has 1 aromatic rings. The van der Waals surface area contributed by atoms with Crippen molar-refractivity contribution in [1.82, 2.24) is 24.9 Å². The van der Waals surface area contributed by atoms with Crippen molar-refractivity contribution in [2.45, 2.75) is 38.9 Å². The molecule has 1 atom stereocenters. The Kier molecular flexibility index (Phi) is 10.5. The molecule has 2 aliphatic heterocycles. The smallest absolute Gasteiger partial charge is 0.239 e. The van der Waals surface area contributed by atoms with Gasteiger partial charge in [0.15, 0.2) is 5.96 Å². The van der Waals surface area contributed by atoms with Crippen LogP contribution >= 0.6 is 24.0 Å². The molecule has 1 amide bonds. The van der Waals surface area contributed by atoms with Crippen LogP contribution in [0.25, 0.3) is 0 Å².